The van der Waals surface area contributed by atoms with Crippen LogP contribution in [0.15, 0.2) is 11.1 Å². The van der Waals surface area contributed by atoms with Crippen molar-refractivity contribution in [3.63, 3.8) is 0 Å². The van der Waals surface area contributed by atoms with Gasteiger partial charge in [-0.1, -0.05) is 0 Å². The first-order valence-corrected chi connectivity index (χ1v) is 4.94. The normalized spacial score (nSPS) is 16.7. The van der Waals surface area contributed by atoms with Gasteiger partial charge in [0.25, 0.3) is 0 Å². The van der Waals surface area contributed by atoms with Crippen LogP contribution in [0.3, 0.4) is 0 Å². The molecule has 1 amide bonds. The first kappa shape index (κ1) is 10.7. The van der Waals surface area contributed by atoms with E-state index in [1.807, 2.05) is 0 Å². The van der Waals surface area contributed by atoms with E-state index in [0.717, 1.165) is 11.1 Å². The van der Waals surface area contributed by atoms with Gasteiger partial charge in [0.05, 0.1) is 7.11 Å². The maximum atomic E-state index is 11.1. The maximum absolute atomic E-state index is 11.1. The van der Waals surface area contributed by atoms with Gasteiger partial charge < -0.3 is 9.64 Å². The van der Waals surface area contributed by atoms with Gasteiger partial charge in [0.2, 0.25) is 0 Å². The van der Waals surface area contributed by atoms with Crippen LogP contribution in [-0.2, 0) is 4.74 Å². The largest absolute Gasteiger partial charge is 0.453 e. The molecule has 0 aliphatic carbocycles. The van der Waals surface area contributed by atoms with E-state index in [1.165, 1.54) is 7.11 Å². The van der Waals surface area contributed by atoms with Gasteiger partial charge >= 0.3 is 6.09 Å². The molecule has 0 fully saturated rings. The Balaban J connectivity index is 2.61. The van der Waals surface area contributed by atoms with Crippen molar-refractivity contribution in [2.75, 3.05) is 32.0 Å². The van der Waals surface area contributed by atoms with E-state index in [9.17, 15) is 4.79 Å². The first-order chi connectivity index (χ1) is 6.22. The Morgan fingerprint density at radius 3 is 2.15 bits per heavy atom. The highest BCUT2D eigenvalue weighted by atomic mass is 35.5. The molecule has 1 heterocycles. The predicted octanol–water partition coefficient (Wildman–Crippen LogP) is 1.84. The number of carbonyl (C=O) groups is 1. The van der Waals surface area contributed by atoms with Crippen molar-refractivity contribution in [3.8, 4) is 0 Å². The molecule has 74 valence electrons. The van der Waals surface area contributed by atoms with Gasteiger partial charge in [-0.3, -0.25) is 0 Å². The molecule has 0 spiro atoms. The highest BCUT2D eigenvalue weighted by Gasteiger charge is 2.24. The predicted molar refractivity (Wildman–Crippen MR) is 52.4 cm³/mol. The van der Waals surface area contributed by atoms with E-state index in [2.05, 4.69) is 4.74 Å². The third-order valence-electron chi connectivity index (χ3n) is 2.02. The van der Waals surface area contributed by atoms with E-state index in [0.29, 0.717) is 24.8 Å². The Morgan fingerprint density at radius 2 is 1.85 bits per heavy atom. The lowest BCUT2D eigenvalue weighted by Crippen LogP contribution is -2.29. The van der Waals surface area contributed by atoms with Crippen molar-refractivity contribution in [3.05, 3.63) is 11.1 Å². The summed E-state index contributed by atoms with van der Waals surface area (Å²) in [6.45, 7) is 1.08. The lowest BCUT2D eigenvalue weighted by Gasteiger charge is -2.13. The minimum atomic E-state index is -0.331. The average molecular weight is 224 g/mol. The molecule has 13 heavy (non-hydrogen) atoms. The van der Waals surface area contributed by atoms with E-state index in [-0.39, 0.29) is 6.09 Å². The number of hydrogen-bond donors (Lipinski definition) is 0. The molecule has 0 radical (unpaired) electrons. The number of nitrogens with zero attached hydrogens (tertiary/aromatic N) is 1. The summed E-state index contributed by atoms with van der Waals surface area (Å²) in [6, 6.07) is 0. The summed E-state index contributed by atoms with van der Waals surface area (Å²) in [5, 5.41) is 0. The van der Waals surface area contributed by atoms with Crippen LogP contribution in [0, 0.1) is 0 Å². The van der Waals surface area contributed by atoms with Gasteiger partial charge in [-0.05, 0) is 11.1 Å². The van der Waals surface area contributed by atoms with Crippen LogP contribution in [0.25, 0.3) is 0 Å². The Hall–Kier alpha value is -0.410. The summed E-state index contributed by atoms with van der Waals surface area (Å²) >= 11 is 11.4. The van der Waals surface area contributed by atoms with Crippen molar-refractivity contribution in [1.29, 1.82) is 0 Å². The van der Waals surface area contributed by atoms with Crippen LogP contribution in [0.1, 0.15) is 0 Å². The van der Waals surface area contributed by atoms with E-state index < -0.39 is 0 Å². The van der Waals surface area contributed by atoms with Crippen LogP contribution in [0.2, 0.25) is 0 Å². The average Bonchev–Trinajstić information content (AvgIpc) is 2.59. The summed E-state index contributed by atoms with van der Waals surface area (Å²) < 4.78 is 4.59. The fourth-order valence-electron chi connectivity index (χ4n) is 1.27. The van der Waals surface area contributed by atoms with Crippen molar-refractivity contribution in [2.24, 2.45) is 0 Å². The zero-order valence-corrected chi connectivity index (χ0v) is 8.86. The van der Waals surface area contributed by atoms with Gasteiger partial charge in [-0.15, -0.1) is 23.2 Å². The molecule has 1 aliphatic heterocycles. The molecule has 0 aromatic heterocycles. The van der Waals surface area contributed by atoms with Crippen molar-refractivity contribution in [1.82, 2.24) is 4.90 Å². The molecule has 1 rings (SSSR count). The Labute approximate surface area is 87.2 Å². The fraction of sp³-hybridized carbons (Fsp3) is 0.625. The third-order valence-corrected chi connectivity index (χ3v) is 2.66. The molecule has 0 atom stereocenters. The number of carbonyl (C=O) groups excluding carboxylic acids is 1. The number of ether oxygens (including phenoxy) is 1. The summed E-state index contributed by atoms with van der Waals surface area (Å²) in [5.41, 5.74) is 2.06. The Kier molecular flexibility index (Phi) is 3.88. The monoisotopic (exact) mass is 223 g/mol. The second-order valence-corrected chi connectivity index (χ2v) is 3.33. The molecule has 5 heteroatoms. The standard InChI is InChI=1S/C8H11Cl2NO2/c1-13-8(12)11-4-6(2-9)7(3-10)5-11/h2-5H2,1H3. The van der Waals surface area contributed by atoms with Gasteiger partial charge in [-0.25, -0.2) is 4.79 Å². The second-order valence-electron chi connectivity index (χ2n) is 2.80. The number of alkyl halides is 2. The van der Waals surface area contributed by atoms with Crippen molar-refractivity contribution >= 4 is 29.3 Å². The minimum Gasteiger partial charge on any atom is -0.453 e. The summed E-state index contributed by atoms with van der Waals surface area (Å²) in [5.74, 6) is 0.852. The summed E-state index contributed by atoms with van der Waals surface area (Å²) in [7, 11) is 1.36. The van der Waals surface area contributed by atoms with E-state index in [4.69, 9.17) is 23.2 Å². The molecule has 0 bridgehead atoms. The highest BCUT2D eigenvalue weighted by Crippen LogP contribution is 2.20. The molecule has 0 aromatic rings. The Bertz CT molecular complexity index is 224. The molecule has 1 aliphatic rings. The van der Waals surface area contributed by atoms with Gasteiger partial charge in [0, 0.05) is 24.8 Å². The molecule has 0 aromatic carbocycles. The number of amides is 1. The molecule has 3 nitrogen and oxygen atoms in total. The molecular formula is C8H11Cl2NO2. The summed E-state index contributed by atoms with van der Waals surface area (Å²) in [4.78, 5) is 12.7. The summed E-state index contributed by atoms with van der Waals surface area (Å²) in [6.07, 6.45) is -0.331. The quantitative estimate of drug-likeness (QED) is 0.529. The fourth-order valence-corrected chi connectivity index (χ4v) is 1.82. The van der Waals surface area contributed by atoms with E-state index >= 15 is 0 Å². The zero-order valence-electron chi connectivity index (χ0n) is 7.35. The minimum absolute atomic E-state index is 0.331. The molecule has 0 saturated heterocycles. The Morgan fingerprint density at radius 1 is 1.38 bits per heavy atom. The van der Waals surface area contributed by atoms with Crippen LogP contribution < -0.4 is 0 Å². The van der Waals surface area contributed by atoms with Crippen LogP contribution in [-0.4, -0.2) is 43.0 Å². The number of rotatable bonds is 2. The SMILES string of the molecule is COC(=O)N1CC(CCl)=C(CCl)C1. The number of halogens is 2. The van der Waals surface area contributed by atoms with Crippen LogP contribution in [0.4, 0.5) is 4.79 Å². The number of hydrogen-bond acceptors (Lipinski definition) is 2. The van der Waals surface area contributed by atoms with Gasteiger partial charge in [-0.2, -0.15) is 0 Å². The molecular weight excluding hydrogens is 213 g/mol. The zero-order chi connectivity index (χ0) is 9.84. The van der Waals surface area contributed by atoms with Crippen molar-refractivity contribution < 1.29 is 9.53 Å². The highest BCUT2D eigenvalue weighted by molar-refractivity contribution is 6.21. The lowest BCUT2D eigenvalue weighted by atomic mass is 10.2. The van der Waals surface area contributed by atoms with Gasteiger partial charge in [0.1, 0.15) is 0 Å². The molecule has 0 saturated carbocycles. The number of methoxy groups -OCH3 is 1. The smallest absolute Gasteiger partial charge is 0.410 e. The molecule has 0 N–H and O–H groups in total. The third kappa shape index (κ3) is 2.29. The van der Waals surface area contributed by atoms with Crippen LogP contribution >= 0.6 is 23.2 Å². The van der Waals surface area contributed by atoms with Crippen LogP contribution in [0.5, 0.6) is 0 Å². The van der Waals surface area contributed by atoms with E-state index in [1.54, 1.807) is 4.90 Å². The lowest BCUT2D eigenvalue weighted by molar-refractivity contribution is 0.134. The molecule has 0 unspecified atom stereocenters. The maximum Gasteiger partial charge on any atom is 0.410 e. The topological polar surface area (TPSA) is 29.5 Å². The van der Waals surface area contributed by atoms with Crippen molar-refractivity contribution in [2.45, 2.75) is 0 Å². The second kappa shape index (κ2) is 4.72. The van der Waals surface area contributed by atoms with Gasteiger partial charge in [0.15, 0.2) is 0 Å². The first-order valence-electron chi connectivity index (χ1n) is 3.87.